The van der Waals surface area contributed by atoms with E-state index in [1.807, 2.05) is 30.3 Å². The summed E-state index contributed by atoms with van der Waals surface area (Å²) >= 11 is 0. The fourth-order valence-electron chi connectivity index (χ4n) is 2.71. The van der Waals surface area contributed by atoms with Crippen molar-refractivity contribution in [3.05, 3.63) is 102 Å². The number of amides is 2. The van der Waals surface area contributed by atoms with Gasteiger partial charge in [0.1, 0.15) is 5.75 Å². The standard InChI is InChI=1S/C23H20F2N2O3/c24-19-12-11-18(13-20(19)25)30-22(17-9-5-2-6-10-17)23(29)27-15-21(28)26-14-16-7-3-1-4-8-16/h1-13,22H,14-15H2,(H,26,28)(H,27,29). The molecule has 0 fully saturated rings. The Bertz CT molecular complexity index is 998. The number of benzene rings is 3. The van der Waals surface area contributed by atoms with Crippen LogP contribution in [0.3, 0.4) is 0 Å². The average molecular weight is 410 g/mol. The molecule has 2 amide bonds. The topological polar surface area (TPSA) is 67.4 Å². The summed E-state index contributed by atoms with van der Waals surface area (Å²) in [5, 5.41) is 5.23. The third-order valence-corrected chi connectivity index (χ3v) is 4.24. The summed E-state index contributed by atoms with van der Waals surface area (Å²) in [6.45, 7) is 0.0825. The van der Waals surface area contributed by atoms with Crippen molar-refractivity contribution in [3.63, 3.8) is 0 Å². The van der Waals surface area contributed by atoms with E-state index in [4.69, 9.17) is 4.74 Å². The Labute approximate surface area is 172 Å². The number of nitrogens with one attached hydrogen (secondary N) is 2. The Morgan fingerprint density at radius 1 is 0.833 bits per heavy atom. The predicted octanol–water partition coefficient (Wildman–Crippen LogP) is 3.52. The molecule has 3 aromatic rings. The van der Waals surface area contributed by atoms with E-state index in [0.717, 1.165) is 17.7 Å². The van der Waals surface area contributed by atoms with E-state index in [1.165, 1.54) is 6.07 Å². The van der Waals surface area contributed by atoms with Crippen molar-refractivity contribution in [2.45, 2.75) is 12.6 Å². The number of halogens is 2. The van der Waals surface area contributed by atoms with Crippen LogP contribution < -0.4 is 15.4 Å². The van der Waals surface area contributed by atoms with Gasteiger partial charge < -0.3 is 15.4 Å². The van der Waals surface area contributed by atoms with Gasteiger partial charge in [-0.3, -0.25) is 9.59 Å². The first-order valence-corrected chi connectivity index (χ1v) is 9.28. The van der Waals surface area contributed by atoms with Gasteiger partial charge in [0.25, 0.3) is 5.91 Å². The first-order chi connectivity index (χ1) is 14.5. The smallest absolute Gasteiger partial charge is 0.266 e. The number of carbonyl (C=O) groups is 2. The number of hydrogen-bond acceptors (Lipinski definition) is 3. The molecule has 0 aromatic heterocycles. The Morgan fingerprint density at radius 3 is 2.17 bits per heavy atom. The zero-order chi connectivity index (χ0) is 21.3. The molecule has 2 N–H and O–H groups in total. The number of rotatable bonds is 8. The summed E-state index contributed by atoms with van der Waals surface area (Å²) in [4.78, 5) is 24.8. The summed E-state index contributed by atoms with van der Waals surface area (Å²) in [5.41, 5.74) is 1.44. The summed E-state index contributed by atoms with van der Waals surface area (Å²) in [6, 6.07) is 20.9. The van der Waals surface area contributed by atoms with Crippen molar-refractivity contribution in [2.75, 3.05) is 6.54 Å². The van der Waals surface area contributed by atoms with E-state index in [0.29, 0.717) is 12.1 Å². The van der Waals surface area contributed by atoms with E-state index in [-0.39, 0.29) is 18.2 Å². The zero-order valence-corrected chi connectivity index (χ0v) is 16.0. The molecule has 0 aliphatic carbocycles. The Kier molecular flexibility index (Phi) is 7.10. The molecule has 0 bridgehead atoms. The van der Waals surface area contributed by atoms with Crippen molar-refractivity contribution >= 4 is 11.8 Å². The van der Waals surface area contributed by atoms with Crippen LogP contribution in [0.2, 0.25) is 0 Å². The molecule has 0 aliphatic heterocycles. The highest BCUT2D eigenvalue weighted by Crippen LogP contribution is 2.24. The molecule has 0 heterocycles. The van der Waals surface area contributed by atoms with Crippen molar-refractivity contribution in [3.8, 4) is 5.75 Å². The van der Waals surface area contributed by atoms with E-state index in [2.05, 4.69) is 10.6 Å². The maximum absolute atomic E-state index is 13.5. The molecule has 154 valence electrons. The van der Waals surface area contributed by atoms with Crippen LogP contribution in [0.1, 0.15) is 17.2 Å². The fourth-order valence-corrected chi connectivity index (χ4v) is 2.71. The van der Waals surface area contributed by atoms with Crippen LogP contribution in [-0.4, -0.2) is 18.4 Å². The van der Waals surface area contributed by atoms with Gasteiger partial charge in [-0.05, 0) is 17.7 Å². The van der Waals surface area contributed by atoms with Crippen LogP contribution >= 0.6 is 0 Å². The van der Waals surface area contributed by atoms with Crippen molar-refractivity contribution < 1.29 is 23.1 Å². The molecular formula is C23H20F2N2O3. The van der Waals surface area contributed by atoms with Gasteiger partial charge in [0.15, 0.2) is 11.6 Å². The van der Waals surface area contributed by atoms with Gasteiger partial charge in [-0.25, -0.2) is 8.78 Å². The van der Waals surface area contributed by atoms with Gasteiger partial charge in [-0.1, -0.05) is 60.7 Å². The third kappa shape index (κ3) is 5.88. The van der Waals surface area contributed by atoms with E-state index in [1.54, 1.807) is 30.3 Å². The van der Waals surface area contributed by atoms with Crippen LogP contribution in [0.15, 0.2) is 78.9 Å². The van der Waals surface area contributed by atoms with Crippen LogP contribution in [0.25, 0.3) is 0 Å². The Morgan fingerprint density at radius 2 is 1.50 bits per heavy atom. The molecule has 5 nitrogen and oxygen atoms in total. The molecule has 0 aliphatic rings. The van der Waals surface area contributed by atoms with Crippen molar-refractivity contribution in [1.82, 2.24) is 10.6 Å². The van der Waals surface area contributed by atoms with Crippen LogP contribution in [0.5, 0.6) is 5.75 Å². The number of hydrogen-bond donors (Lipinski definition) is 2. The molecule has 30 heavy (non-hydrogen) atoms. The lowest BCUT2D eigenvalue weighted by Crippen LogP contribution is -2.40. The Hall–Kier alpha value is -3.74. The van der Waals surface area contributed by atoms with Gasteiger partial charge in [-0.2, -0.15) is 0 Å². The number of ether oxygens (including phenoxy) is 1. The third-order valence-electron chi connectivity index (χ3n) is 4.24. The van der Waals surface area contributed by atoms with Gasteiger partial charge in [-0.15, -0.1) is 0 Å². The average Bonchev–Trinajstić information content (AvgIpc) is 2.78. The largest absolute Gasteiger partial charge is 0.476 e. The Balaban J connectivity index is 1.63. The van der Waals surface area contributed by atoms with Gasteiger partial charge in [0.05, 0.1) is 6.54 Å². The molecule has 3 aromatic carbocycles. The molecule has 1 atom stereocenters. The maximum Gasteiger partial charge on any atom is 0.266 e. The SMILES string of the molecule is O=C(CNC(=O)C(Oc1ccc(F)c(F)c1)c1ccccc1)NCc1ccccc1. The second-order valence-electron chi connectivity index (χ2n) is 6.46. The summed E-state index contributed by atoms with van der Waals surface area (Å²) in [5.74, 6) is -3.06. The molecule has 3 rings (SSSR count). The van der Waals surface area contributed by atoms with Gasteiger partial charge in [0.2, 0.25) is 12.0 Å². The highest BCUT2D eigenvalue weighted by atomic mass is 19.2. The summed E-state index contributed by atoms with van der Waals surface area (Å²) in [6.07, 6.45) is -1.14. The minimum absolute atomic E-state index is 0.00793. The van der Waals surface area contributed by atoms with Crippen molar-refractivity contribution in [1.29, 1.82) is 0 Å². The zero-order valence-electron chi connectivity index (χ0n) is 16.0. The normalized spacial score (nSPS) is 11.4. The highest BCUT2D eigenvalue weighted by molar-refractivity contribution is 5.87. The number of carbonyl (C=O) groups excluding carboxylic acids is 2. The molecule has 1 unspecified atom stereocenters. The van der Waals surface area contributed by atoms with Gasteiger partial charge >= 0.3 is 0 Å². The van der Waals surface area contributed by atoms with Crippen LogP contribution in [-0.2, 0) is 16.1 Å². The van der Waals surface area contributed by atoms with Crippen molar-refractivity contribution in [2.24, 2.45) is 0 Å². The van der Waals surface area contributed by atoms with E-state index < -0.39 is 23.6 Å². The summed E-state index contributed by atoms with van der Waals surface area (Å²) < 4.78 is 32.3. The fraction of sp³-hybridized carbons (Fsp3) is 0.130. The van der Waals surface area contributed by atoms with Gasteiger partial charge in [0, 0.05) is 18.2 Å². The molecule has 0 saturated heterocycles. The lowest BCUT2D eigenvalue weighted by Gasteiger charge is -2.19. The van der Waals surface area contributed by atoms with E-state index >= 15 is 0 Å². The van der Waals surface area contributed by atoms with Crippen LogP contribution in [0, 0.1) is 11.6 Å². The van der Waals surface area contributed by atoms with E-state index in [9.17, 15) is 18.4 Å². The molecule has 0 spiro atoms. The first-order valence-electron chi connectivity index (χ1n) is 9.28. The first kappa shape index (κ1) is 21.0. The lowest BCUT2D eigenvalue weighted by molar-refractivity contribution is -0.131. The lowest BCUT2D eigenvalue weighted by atomic mass is 10.1. The minimum atomic E-state index is -1.14. The monoisotopic (exact) mass is 410 g/mol. The quantitative estimate of drug-likeness (QED) is 0.597. The summed E-state index contributed by atoms with van der Waals surface area (Å²) in [7, 11) is 0. The van der Waals surface area contributed by atoms with Crippen LogP contribution in [0.4, 0.5) is 8.78 Å². The maximum atomic E-state index is 13.5. The molecule has 0 saturated carbocycles. The second kappa shape index (κ2) is 10.2. The minimum Gasteiger partial charge on any atom is -0.476 e. The predicted molar refractivity (Wildman–Crippen MR) is 107 cm³/mol. The molecule has 7 heteroatoms. The molecular weight excluding hydrogens is 390 g/mol. The highest BCUT2D eigenvalue weighted by Gasteiger charge is 2.23. The second-order valence-corrected chi connectivity index (χ2v) is 6.46. The molecule has 0 radical (unpaired) electrons.